The van der Waals surface area contributed by atoms with Crippen LogP contribution in [0.5, 0.6) is 11.5 Å². The molecule has 4 rings (SSSR count). The zero-order chi connectivity index (χ0) is 22.3. The van der Waals surface area contributed by atoms with Crippen molar-refractivity contribution >= 4 is 23.3 Å². The van der Waals surface area contributed by atoms with Crippen LogP contribution in [-0.4, -0.2) is 41.9 Å². The Bertz CT molecular complexity index is 1030. The first-order chi connectivity index (χ1) is 14.7. The molecule has 2 heterocycles. The summed E-state index contributed by atoms with van der Waals surface area (Å²) in [5.41, 5.74) is 4.07. The monoisotopic (exact) mass is 441 g/mol. The first kappa shape index (κ1) is 21.7. The molecule has 2 aliphatic rings. The van der Waals surface area contributed by atoms with Gasteiger partial charge in [-0.3, -0.25) is 9.59 Å². The number of fused-ring (bicyclic) bond motifs is 1. The number of carbonyl (C=O) groups excluding carboxylic acids is 2. The van der Waals surface area contributed by atoms with Gasteiger partial charge in [0, 0.05) is 31.0 Å². The van der Waals surface area contributed by atoms with Gasteiger partial charge in [0.15, 0.2) is 12.4 Å². The average Bonchev–Trinajstić information content (AvgIpc) is 2.72. The van der Waals surface area contributed by atoms with Crippen molar-refractivity contribution in [3.05, 3.63) is 57.1 Å². The van der Waals surface area contributed by atoms with Crippen LogP contribution in [0.15, 0.2) is 24.3 Å². The second-order valence-electron chi connectivity index (χ2n) is 8.88. The van der Waals surface area contributed by atoms with E-state index >= 15 is 0 Å². The van der Waals surface area contributed by atoms with Gasteiger partial charge in [-0.25, -0.2) is 0 Å². The van der Waals surface area contributed by atoms with E-state index in [2.05, 4.69) is 0 Å². The van der Waals surface area contributed by atoms with E-state index in [9.17, 15) is 9.59 Å². The van der Waals surface area contributed by atoms with Crippen LogP contribution in [0.3, 0.4) is 0 Å². The summed E-state index contributed by atoms with van der Waals surface area (Å²) in [7, 11) is 0. The summed E-state index contributed by atoms with van der Waals surface area (Å²) < 4.78 is 12.1. The lowest BCUT2D eigenvalue weighted by atomic mass is 9.81. The molecule has 0 aliphatic carbocycles. The third kappa shape index (κ3) is 4.29. The largest absolute Gasteiger partial charge is 0.486 e. The Morgan fingerprint density at radius 3 is 2.35 bits per heavy atom. The molecule has 0 unspecified atom stereocenters. The quantitative estimate of drug-likeness (QED) is 0.674. The zero-order valence-corrected chi connectivity index (χ0v) is 19.3. The summed E-state index contributed by atoms with van der Waals surface area (Å²) in [5.74, 6) is 1.42. The molecule has 1 amide bonds. The molecule has 0 atom stereocenters. The van der Waals surface area contributed by atoms with Gasteiger partial charge in [-0.2, -0.15) is 0 Å². The molecule has 0 saturated carbocycles. The van der Waals surface area contributed by atoms with E-state index in [1.807, 2.05) is 52.0 Å². The molecule has 0 bridgehead atoms. The second kappa shape index (κ2) is 8.19. The minimum absolute atomic E-state index is 0.0193. The fraction of sp³-hybridized carbons (Fsp3) is 0.440. The van der Waals surface area contributed by atoms with Crippen LogP contribution >= 0.6 is 11.6 Å². The van der Waals surface area contributed by atoms with Crippen molar-refractivity contribution in [3.8, 4) is 11.5 Å². The van der Waals surface area contributed by atoms with Gasteiger partial charge in [0.05, 0.1) is 12.0 Å². The zero-order valence-electron chi connectivity index (χ0n) is 18.5. The molecule has 164 valence electrons. The maximum absolute atomic E-state index is 12.8. The van der Waals surface area contributed by atoms with E-state index in [1.54, 1.807) is 4.90 Å². The smallest absolute Gasteiger partial charge is 0.260 e. The molecule has 2 aromatic rings. The minimum Gasteiger partial charge on any atom is -0.486 e. The summed E-state index contributed by atoms with van der Waals surface area (Å²) >= 11 is 6.20. The SMILES string of the molecule is Cc1cc(C)c2c(c1)C(=O)CC1(CCN(C(=O)COc3cc(C)c(Cl)c(C)c3)CC1)O2. The van der Waals surface area contributed by atoms with Crippen molar-refractivity contribution in [1.82, 2.24) is 4.90 Å². The third-order valence-electron chi connectivity index (χ3n) is 6.32. The van der Waals surface area contributed by atoms with E-state index in [1.165, 1.54) is 0 Å². The van der Waals surface area contributed by atoms with Crippen molar-refractivity contribution in [2.75, 3.05) is 19.7 Å². The van der Waals surface area contributed by atoms with Gasteiger partial charge in [-0.05, 0) is 68.1 Å². The van der Waals surface area contributed by atoms with Gasteiger partial charge < -0.3 is 14.4 Å². The van der Waals surface area contributed by atoms with Crippen molar-refractivity contribution in [2.24, 2.45) is 0 Å². The molecule has 31 heavy (non-hydrogen) atoms. The van der Waals surface area contributed by atoms with Gasteiger partial charge >= 0.3 is 0 Å². The number of nitrogens with zero attached hydrogens (tertiary/aromatic N) is 1. The topological polar surface area (TPSA) is 55.8 Å². The summed E-state index contributed by atoms with van der Waals surface area (Å²) in [5, 5.41) is 0.717. The van der Waals surface area contributed by atoms with Crippen LogP contribution in [0.2, 0.25) is 5.02 Å². The summed E-state index contributed by atoms with van der Waals surface area (Å²) in [6, 6.07) is 7.64. The Hall–Kier alpha value is -2.53. The number of ketones is 1. The Morgan fingerprint density at radius 1 is 1.06 bits per heavy atom. The van der Waals surface area contributed by atoms with E-state index in [0.29, 0.717) is 54.4 Å². The number of amides is 1. The lowest BCUT2D eigenvalue weighted by Gasteiger charge is -2.44. The number of ether oxygens (including phenoxy) is 2. The number of hydrogen-bond acceptors (Lipinski definition) is 4. The Morgan fingerprint density at radius 2 is 1.71 bits per heavy atom. The number of carbonyl (C=O) groups is 2. The number of hydrogen-bond donors (Lipinski definition) is 0. The summed E-state index contributed by atoms with van der Waals surface area (Å²) in [6.07, 6.45) is 1.64. The van der Waals surface area contributed by atoms with Crippen LogP contribution in [0.4, 0.5) is 0 Å². The first-order valence-corrected chi connectivity index (χ1v) is 11.1. The van der Waals surface area contributed by atoms with E-state index in [-0.39, 0.29) is 18.3 Å². The lowest BCUT2D eigenvalue weighted by molar-refractivity contribution is -0.136. The van der Waals surface area contributed by atoms with Crippen LogP contribution < -0.4 is 9.47 Å². The number of likely N-dealkylation sites (tertiary alicyclic amines) is 1. The van der Waals surface area contributed by atoms with Gasteiger partial charge in [0.1, 0.15) is 17.1 Å². The molecule has 6 heteroatoms. The van der Waals surface area contributed by atoms with Crippen LogP contribution in [0.1, 0.15) is 51.9 Å². The average molecular weight is 442 g/mol. The Kier molecular flexibility index (Phi) is 5.73. The standard InChI is InChI=1S/C25H28ClNO4/c1-15-9-18(4)24-20(10-15)21(28)13-25(31-24)5-7-27(8-6-25)22(29)14-30-19-11-16(2)23(26)17(3)12-19/h9-12H,5-8,13-14H2,1-4H3. The number of piperidine rings is 1. The molecular formula is C25H28ClNO4. The molecule has 2 aromatic carbocycles. The highest BCUT2D eigenvalue weighted by molar-refractivity contribution is 6.32. The van der Waals surface area contributed by atoms with Crippen molar-refractivity contribution < 1.29 is 19.1 Å². The predicted molar refractivity (Wildman–Crippen MR) is 120 cm³/mol. The fourth-order valence-electron chi connectivity index (χ4n) is 4.61. The molecule has 1 saturated heterocycles. The molecule has 2 aliphatic heterocycles. The van der Waals surface area contributed by atoms with Crippen LogP contribution in [0.25, 0.3) is 0 Å². The fourth-order valence-corrected chi connectivity index (χ4v) is 4.71. The molecule has 5 nitrogen and oxygen atoms in total. The van der Waals surface area contributed by atoms with Crippen LogP contribution in [-0.2, 0) is 4.79 Å². The van der Waals surface area contributed by atoms with Gasteiger partial charge in [0.2, 0.25) is 0 Å². The molecule has 1 spiro atoms. The lowest BCUT2D eigenvalue weighted by Crippen LogP contribution is -2.53. The molecular weight excluding hydrogens is 414 g/mol. The van der Waals surface area contributed by atoms with E-state index in [0.717, 1.165) is 22.3 Å². The maximum atomic E-state index is 12.8. The number of benzene rings is 2. The highest BCUT2D eigenvalue weighted by Crippen LogP contribution is 2.41. The highest BCUT2D eigenvalue weighted by Gasteiger charge is 2.44. The van der Waals surface area contributed by atoms with Crippen molar-refractivity contribution in [3.63, 3.8) is 0 Å². The molecule has 0 radical (unpaired) electrons. The maximum Gasteiger partial charge on any atom is 0.260 e. The highest BCUT2D eigenvalue weighted by atomic mass is 35.5. The predicted octanol–water partition coefficient (Wildman–Crippen LogP) is 4.98. The van der Waals surface area contributed by atoms with E-state index < -0.39 is 5.60 Å². The van der Waals surface area contributed by atoms with Crippen molar-refractivity contribution in [2.45, 2.75) is 52.6 Å². The van der Waals surface area contributed by atoms with Crippen LogP contribution in [0, 0.1) is 27.7 Å². The van der Waals surface area contributed by atoms with Crippen molar-refractivity contribution in [1.29, 1.82) is 0 Å². The van der Waals surface area contributed by atoms with Gasteiger partial charge in [-0.15, -0.1) is 0 Å². The van der Waals surface area contributed by atoms with E-state index in [4.69, 9.17) is 21.1 Å². The number of aryl methyl sites for hydroxylation is 4. The van der Waals surface area contributed by atoms with Gasteiger partial charge in [0.25, 0.3) is 5.91 Å². The number of halogens is 1. The number of Topliss-reactive ketones (excluding diaryl/α,β-unsaturated/α-hetero) is 1. The molecule has 1 fully saturated rings. The van der Waals surface area contributed by atoms with Gasteiger partial charge in [-0.1, -0.05) is 17.7 Å². The normalized spacial score (nSPS) is 17.3. The first-order valence-electron chi connectivity index (χ1n) is 10.7. The Balaban J connectivity index is 1.38. The molecule has 0 aromatic heterocycles. The second-order valence-corrected chi connectivity index (χ2v) is 9.26. The summed E-state index contributed by atoms with van der Waals surface area (Å²) in [4.78, 5) is 27.3. The number of rotatable bonds is 3. The molecule has 0 N–H and O–H groups in total. The minimum atomic E-state index is -0.522. The Labute approximate surface area is 188 Å². The summed E-state index contributed by atoms with van der Waals surface area (Å²) in [6.45, 7) is 8.89. The third-order valence-corrected chi connectivity index (χ3v) is 6.92.